The van der Waals surface area contributed by atoms with Gasteiger partial charge in [-0.2, -0.15) is 0 Å². The molecule has 1 heterocycles. The first-order chi connectivity index (χ1) is 8.99. The molecule has 7 heteroatoms. The molecule has 0 spiro atoms. The summed E-state index contributed by atoms with van der Waals surface area (Å²) in [7, 11) is -2.00. The second-order valence-electron chi connectivity index (χ2n) is 4.16. The van der Waals surface area contributed by atoms with E-state index in [-0.39, 0.29) is 11.6 Å². The van der Waals surface area contributed by atoms with Crippen LogP contribution in [-0.4, -0.2) is 29.6 Å². The van der Waals surface area contributed by atoms with E-state index < -0.39 is 16.1 Å². The van der Waals surface area contributed by atoms with Crippen molar-refractivity contribution in [2.45, 2.75) is 11.1 Å². The van der Waals surface area contributed by atoms with Gasteiger partial charge in [-0.25, -0.2) is 18.1 Å². The van der Waals surface area contributed by atoms with Crippen LogP contribution < -0.4 is 4.72 Å². The number of rotatable bonds is 5. The van der Waals surface area contributed by atoms with Gasteiger partial charge in [0.15, 0.2) is 5.03 Å². The quantitative estimate of drug-likeness (QED) is 0.832. The molecule has 0 bridgehead atoms. The first-order valence-electron chi connectivity index (χ1n) is 5.70. The maximum Gasteiger partial charge on any atom is 0.259 e. The SMILES string of the molecule is Cn1cnc(S(=O)(=O)NCC(O)c2ccccc2)c1. The van der Waals surface area contributed by atoms with E-state index in [1.165, 1.54) is 12.5 Å². The minimum Gasteiger partial charge on any atom is -0.387 e. The van der Waals surface area contributed by atoms with E-state index >= 15 is 0 Å². The van der Waals surface area contributed by atoms with Gasteiger partial charge >= 0.3 is 0 Å². The predicted octanol–water partition coefficient (Wildman–Crippen LogP) is 0.432. The van der Waals surface area contributed by atoms with Crippen molar-refractivity contribution < 1.29 is 13.5 Å². The molecule has 6 nitrogen and oxygen atoms in total. The Balaban J connectivity index is 2.03. The van der Waals surface area contributed by atoms with Gasteiger partial charge in [0.25, 0.3) is 10.0 Å². The molecule has 0 amide bonds. The summed E-state index contributed by atoms with van der Waals surface area (Å²) in [6.45, 7) is -0.0943. The second kappa shape index (κ2) is 5.52. The molecule has 2 N–H and O–H groups in total. The van der Waals surface area contributed by atoms with Gasteiger partial charge in [-0.3, -0.25) is 0 Å². The van der Waals surface area contributed by atoms with Gasteiger partial charge in [-0.05, 0) is 5.56 Å². The smallest absolute Gasteiger partial charge is 0.259 e. The van der Waals surface area contributed by atoms with Crippen LogP contribution in [0, 0.1) is 0 Å². The third kappa shape index (κ3) is 3.40. The molecule has 19 heavy (non-hydrogen) atoms. The number of aryl methyl sites for hydroxylation is 1. The van der Waals surface area contributed by atoms with Crippen molar-refractivity contribution in [1.29, 1.82) is 0 Å². The molecule has 102 valence electrons. The summed E-state index contributed by atoms with van der Waals surface area (Å²) in [4.78, 5) is 3.77. The van der Waals surface area contributed by atoms with Crippen LogP contribution in [0.15, 0.2) is 47.9 Å². The number of aliphatic hydroxyl groups excluding tert-OH is 1. The van der Waals surface area contributed by atoms with Crippen LogP contribution in [0.4, 0.5) is 0 Å². The third-order valence-electron chi connectivity index (χ3n) is 2.61. The number of benzene rings is 1. The standard InChI is InChI=1S/C12H15N3O3S/c1-15-8-12(13-9-15)19(17,18)14-7-11(16)10-5-3-2-4-6-10/h2-6,8-9,11,14,16H,7H2,1H3. The lowest BCUT2D eigenvalue weighted by Crippen LogP contribution is -2.28. The summed E-state index contributed by atoms with van der Waals surface area (Å²) in [5.74, 6) is 0. The van der Waals surface area contributed by atoms with Gasteiger partial charge in [0, 0.05) is 19.8 Å². The second-order valence-corrected chi connectivity index (χ2v) is 5.87. The van der Waals surface area contributed by atoms with E-state index in [0.717, 1.165) is 0 Å². The van der Waals surface area contributed by atoms with E-state index in [0.29, 0.717) is 5.56 Å². The van der Waals surface area contributed by atoms with Gasteiger partial charge in [-0.1, -0.05) is 30.3 Å². The maximum absolute atomic E-state index is 11.9. The van der Waals surface area contributed by atoms with Gasteiger partial charge in [0.1, 0.15) is 0 Å². The zero-order valence-electron chi connectivity index (χ0n) is 10.4. The van der Waals surface area contributed by atoms with E-state index in [4.69, 9.17) is 0 Å². The number of sulfonamides is 1. The number of hydrogen-bond acceptors (Lipinski definition) is 4. The molecule has 2 aromatic rings. The van der Waals surface area contributed by atoms with Crippen molar-refractivity contribution in [2.24, 2.45) is 7.05 Å². The Bertz CT molecular complexity index is 637. The molecule has 0 radical (unpaired) electrons. The van der Waals surface area contributed by atoms with Crippen LogP contribution in [0.2, 0.25) is 0 Å². The highest BCUT2D eigenvalue weighted by atomic mass is 32.2. The highest BCUT2D eigenvalue weighted by Gasteiger charge is 2.18. The zero-order valence-corrected chi connectivity index (χ0v) is 11.2. The number of hydrogen-bond donors (Lipinski definition) is 2. The Labute approximate surface area is 111 Å². The van der Waals surface area contributed by atoms with Crippen LogP contribution >= 0.6 is 0 Å². The molecular weight excluding hydrogens is 266 g/mol. The molecule has 1 aromatic carbocycles. The van der Waals surface area contributed by atoms with Crippen LogP contribution in [0.3, 0.4) is 0 Å². The van der Waals surface area contributed by atoms with Crippen molar-refractivity contribution in [2.75, 3.05) is 6.54 Å². The average molecular weight is 281 g/mol. The largest absolute Gasteiger partial charge is 0.387 e. The fourth-order valence-electron chi connectivity index (χ4n) is 1.58. The van der Waals surface area contributed by atoms with E-state index in [1.807, 2.05) is 6.07 Å². The predicted molar refractivity (Wildman–Crippen MR) is 69.8 cm³/mol. The van der Waals surface area contributed by atoms with Crippen LogP contribution in [0.25, 0.3) is 0 Å². The van der Waals surface area contributed by atoms with Crippen molar-refractivity contribution in [1.82, 2.24) is 14.3 Å². The number of nitrogens with one attached hydrogen (secondary N) is 1. The average Bonchev–Trinajstić information content (AvgIpc) is 2.85. The molecule has 0 aliphatic heterocycles. The summed E-state index contributed by atoms with van der Waals surface area (Å²) in [5.41, 5.74) is 0.659. The molecule has 0 aliphatic carbocycles. The fraction of sp³-hybridized carbons (Fsp3) is 0.250. The van der Waals surface area contributed by atoms with Crippen molar-refractivity contribution in [3.63, 3.8) is 0 Å². The van der Waals surface area contributed by atoms with Crippen molar-refractivity contribution >= 4 is 10.0 Å². The Morgan fingerprint density at radius 1 is 1.37 bits per heavy atom. The molecular formula is C12H15N3O3S. The molecule has 1 aromatic heterocycles. The highest BCUT2D eigenvalue weighted by Crippen LogP contribution is 2.12. The van der Waals surface area contributed by atoms with E-state index in [9.17, 15) is 13.5 Å². The van der Waals surface area contributed by atoms with Crippen LogP contribution in [-0.2, 0) is 17.1 Å². The molecule has 0 aliphatic rings. The molecule has 0 saturated carbocycles. The lowest BCUT2D eigenvalue weighted by atomic mass is 10.1. The highest BCUT2D eigenvalue weighted by molar-refractivity contribution is 7.89. The lowest BCUT2D eigenvalue weighted by Gasteiger charge is -2.11. The lowest BCUT2D eigenvalue weighted by molar-refractivity contribution is 0.182. The van der Waals surface area contributed by atoms with Crippen LogP contribution in [0.5, 0.6) is 0 Å². The summed E-state index contributed by atoms with van der Waals surface area (Å²) < 4.78 is 27.6. The van der Waals surface area contributed by atoms with Gasteiger partial charge in [0.2, 0.25) is 0 Å². The Morgan fingerprint density at radius 3 is 2.63 bits per heavy atom. The monoisotopic (exact) mass is 281 g/mol. The number of aromatic nitrogens is 2. The van der Waals surface area contributed by atoms with E-state index in [2.05, 4.69) is 9.71 Å². The number of nitrogens with zero attached hydrogens (tertiary/aromatic N) is 2. The first kappa shape index (κ1) is 13.7. The summed E-state index contributed by atoms with van der Waals surface area (Å²) in [5, 5.41) is 9.82. The molecule has 2 rings (SSSR count). The Morgan fingerprint density at radius 2 is 2.05 bits per heavy atom. The minimum absolute atomic E-state index is 0.0599. The zero-order chi connectivity index (χ0) is 13.9. The van der Waals surface area contributed by atoms with E-state index in [1.54, 1.807) is 35.9 Å². The summed E-state index contributed by atoms with van der Waals surface area (Å²) in [6.07, 6.45) is 1.92. The van der Waals surface area contributed by atoms with Crippen molar-refractivity contribution in [3.05, 3.63) is 48.4 Å². The van der Waals surface area contributed by atoms with Gasteiger partial charge in [-0.15, -0.1) is 0 Å². The van der Waals surface area contributed by atoms with Gasteiger partial charge < -0.3 is 9.67 Å². The molecule has 1 atom stereocenters. The summed E-state index contributed by atoms with van der Waals surface area (Å²) >= 11 is 0. The Kier molecular flexibility index (Phi) is 3.98. The molecule has 0 saturated heterocycles. The molecule has 0 fully saturated rings. The Hall–Kier alpha value is -1.70. The number of aliphatic hydroxyl groups is 1. The molecule has 1 unspecified atom stereocenters. The normalized spacial score (nSPS) is 13.4. The van der Waals surface area contributed by atoms with Gasteiger partial charge in [0.05, 0.1) is 12.4 Å². The number of imidazole rings is 1. The third-order valence-corrected chi connectivity index (χ3v) is 3.92. The maximum atomic E-state index is 11.9. The topological polar surface area (TPSA) is 84.2 Å². The fourth-order valence-corrected chi connectivity index (χ4v) is 2.60. The summed E-state index contributed by atoms with van der Waals surface area (Å²) in [6, 6.07) is 8.87. The van der Waals surface area contributed by atoms with Crippen LogP contribution in [0.1, 0.15) is 11.7 Å². The minimum atomic E-state index is -3.68. The first-order valence-corrected chi connectivity index (χ1v) is 7.18. The van der Waals surface area contributed by atoms with Crippen molar-refractivity contribution in [3.8, 4) is 0 Å².